The number of hydrogen-bond acceptors (Lipinski definition) is 1. The molecule has 9 rings (SSSR count). The van der Waals surface area contributed by atoms with E-state index in [1.54, 1.807) is 0 Å². The van der Waals surface area contributed by atoms with Crippen LogP contribution in [-0.2, 0) is 25.7 Å². The number of aromatic amines is 1. The van der Waals surface area contributed by atoms with Crippen LogP contribution in [0.5, 0.6) is 0 Å². The molecule has 3 aromatic heterocycles. The third kappa shape index (κ3) is 2.49. The lowest BCUT2D eigenvalue weighted by atomic mass is 9.74. The molecular formula is C34H25N3. The Labute approximate surface area is 214 Å². The summed E-state index contributed by atoms with van der Waals surface area (Å²) in [7, 11) is 0. The number of benzene rings is 4. The van der Waals surface area contributed by atoms with Gasteiger partial charge in [-0.3, -0.25) is 4.98 Å². The van der Waals surface area contributed by atoms with Gasteiger partial charge in [-0.25, -0.2) is 0 Å². The summed E-state index contributed by atoms with van der Waals surface area (Å²) in [6.07, 6.45) is 6.27. The number of aromatic nitrogens is 3. The SMILES string of the molecule is Cc1cc(-n2c3ccccc3c3cc4c5c(c32)CCc2cc3c([nH]c6ccccc63)c(c2-5)CC4)ccn1. The minimum absolute atomic E-state index is 1.05. The maximum Gasteiger partial charge on any atom is 0.0579 e. The van der Waals surface area contributed by atoms with Crippen LogP contribution in [0, 0.1) is 6.92 Å². The average Bonchev–Trinajstić information content (AvgIpc) is 3.47. The quantitative estimate of drug-likeness (QED) is 0.256. The highest BCUT2D eigenvalue weighted by Gasteiger charge is 2.31. The minimum atomic E-state index is 1.05. The van der Waals surface area contributed by atoms with Gasteiger partial charge in [-0.05, 0) is 102 Å². The van der Waals surface area contributed by atoms with Crippen molar-refractivity contribution in [1.82, 2.24) is 14.5 Å². The maximum absolute atomic E-state index is 4.49. The number of aryl methyl sites for hydroxylation is 5. The molecule has 2 aliphatic rings. The predicted octanol–water partition coefficient (Wildman–Crippen LogP) is 7.99. The van der Waals surface area contributed by atoms with E-state index < -0.39 is 0 Å². The number of nitrogens with one attached hydrogen (secondary N) is 1. The highest BCUT2D eigenvalue weighted by molar-refractivity contribution is 6.15. The highest BCUT2D eigenvalue weighted by atomic mass is 15.0. The van der Waals surface area contributed by atoms with Crippen molar-refractivity contribution >= 4 is 43.6 Å². The van der Waals surface area contributed by atoms with E-state index >= 15 is 0 Å². The molecule has 0 saturated carbocycles. The molecule has 0 atom stereocenters. The van der Waals surface area contributed by atoms with Gasteiger partial charge in [0.25, 0.3) is 0 Å². The van der Waals surface area contributed by atoms with Gasteiger partial charge in [-0.15, -0.1) is 0 Å². The second-order valence-electron chi connectivity index (χ2n) is 10.8. The first kappa shape index (κ1) is 19.8. The van der Waals surface area contributed by atoms with Crippen molar-refractivity contribution in [1.29, 1.82) is 0 Å². The summed E-state index contributed by atoms with van der Waals surface area (Å²) >= 11 is 0. The molecule has 37 heavy (non-hydrogen) atoms. The Morgan fingerprint density at radius 1 is 0.703 bits per heavy atom. The van der Waals surface area contributed by atoms with Gasteiger partial charge in [0.2, 0.25) is 0 Å². The molecule has 1 N–H and O–H groups in total. The van der Waals surface area contributed by atoms with Crippen LogP contribution in [0.3, 0.4) is 0 Å². The summed E-state index contributed by atoms with van der Waals surface area (Å²) in [5.74, 6) is 0. The fourth-order valence-electron chi connectivity index (χ4n) is 7.35. The number of nitrogens with zero attached hydrogens (tertiary/aromatic N) is 2. The molecule has 0 saturated heterocycles. The van der Waals surface area contributed by atoms with Crippen LogP contribution < -0.4 is 0 Å². The molecule has 0 fully saturated rings. The molecule has 0 amide bonds. The fraction of sp³-hybridized carbons (Fsp3) is 0.147. The molecule has 3 heterocycles. The molecule has 3 nitrogen and oxygen atoms in total. The zero-order valence-electron chi connectivity index (χ0n) is 20.7. The van der Waals surface area contributed by atoms with Crippen molar-refractivity contribution in [2.24, 2.45) is 0 Å². The highest BCUT2D eigenvalue weighted by Crippen LogP contribution is 2.50. The van der Waals surface area contributed by atoms with Crippen molar-refractivity contribution in [3.8, 4) is 16.8 Å². The van der Waals surface area contributed by atoms with E-state index in [2.05, 4.69) is 94.3 Å². The van der Waals surface area contributed by atoms with Crippen LogP contribution in [-0.4, -0.2) is 14.5 Å². The summed E-state index contributed by atoms with van der Waals surface area (Å²) in [5.41, 5.74) is 16.5. The lowest BCUT2D eigenvalue weighted by Crippen LogP contribution is -2.15. The molecule has 0 radical (unpaired) electrons. The van der Waals surface area contributed by atoms with Crippen LogP contribution >= 0.6 is 0 Å². The lowest BCUT2D eigenvalue weighted by molar-refractivity contribution is 0.885. The van der Waals surface area contributed by atoms with Gasteiger partial charge < -0.3 is 9.55 Å². The fourth-order valence-corrected chi connectivity index (χ4v) is 7.35. The average molecular weight is 476 g/mol. The van der Waals surface area contributed by atoms with Gasteiger partial charge in [0.05, 0.1) is 16.6 Å². The first-order chi connectivity index (χ1) is 18.3. The van der Waals surface area contributed by atoms with Crippen molar-refractivity contribution in [2.45, 2.75) is 32.6 Å². The van der Waals surface area contributed by atoms with Crippen LogP contribution in [0.15, 0.2) is 79.0 Å². The van der Waals surface area contributed by atoms with Crippen LogP contribution in [0.4, 0.5) is 0 Å². The van der Waals surface area contributed by atoms with Crippen molar-refractivity contribution in [2.75, 3.05) is 0 Å². The van der Waals surface area contributed by atoms with E-state index in [-0.39, 0.29) is 0 Å². The molecular weight excluding hydrogens is 450 g/mol. The third-order valence-electron chi connectivity index (χ3n) is 8.81. The van der Waals surface area contributed by atoms with Gasteiger partial charge in [-0.1, -0.05) is 36.4 Å². The largest absolute Gasteiger partial charge is 0.354 e. The Morgan fingerprint density at radius 2 is 1.43 bits per heavy atom. The molecule has 0 aliphatic heterocycles. The van der Waals surface area contributed by atoms with Crippen LogP contribution in [0.2, 0.25) is 0 Å². The van der Waals surface area contributed by atoms with E-state index in [9.17, 15) is 0 Å². The summed E-state index contributed by atoms with van der Waals surface area (Å²) in [5, 5.41) is 5.46. The smallest absolute Gasteiger partial charge is 0.0579 e. The number of hydrogen-bond donors (Lipinski definition) is 1. The van der Waals surface area contributed by atoms with E-state index in [1.165, 1.54) is 82.7 Å². The van der Waals surface area contributed by atoms with E-state index in [4.69, 9.17) is 0 Å². The number of pyridine rings is 1. The molecule has 2 aliphatic carbocycles. The van der Waals surface area contributed by atoms with E-state index in [1.807, 2.05) is 6.20 Å². The second kappa shape index (κ2) is 6.89. The van der Waals surface area contributed by atoms with Crippen LogP contribution in [0.25, 0.3) is 60.4 Å². The monoisotopic (exact) mass is 475 g/mol. The zero-order chi connectivity index (χ0) is 24.2. The number of H-pyrrole nitrogens is 1. The molecule has 0 bridgehead atoms. The molecule has 4 aromatic carbocycles. The Bertz CT molecular complexity index is 2100. The van der Waals surface area contributed by atoms with Gasteiger partial charge in [0.15, 0.2) is 0 Å². The molecule has 176 valence electrons. The Kier molecular flexibility index (Phi) is 3.68. The number of fused-ring (bicyclic) bond motifs is 8. The summed E-state index contributed by atoms with van der Waals surface area (Å²) in [6.45, 7) is 2.08. The summed E-state index contributed by atoms with van der Waals surface area (Å²) in [4.78, 5) is 8.29. The summed E-state index contributed by atoms with van der Waals surface area (Å²) in [6, 6.07) is 27.0. The predicted molar refractivity (Wildman–Crippen MR) is 153 cm³/mol. The minimum Gasteiger partial charge on any atom is -0.354 e. The first-order valence-electron chi connectivity index (χ1n) is 13.3. The summed E-state index contributed by atoms with van der Waals surface area (Å²) < 4.78 is 2.50. The standard InChI is InChI=1S/C34H25N3/c1-19-16-22(14-15-35-19)37-30-9-5-3-7-24(30)28-18-21-10-12-25-31-20(11-13-26(32(21)31)34(28)37)17-27-23-6-2-4-8-29(23)36-33(25)27/h2-9,14-18,36H,10-13H2,1H3. The molecule has 0 unspecified atom stereocenters. The maximum atomic E-state index is 4.49. The van der Waals surface area contributed by atoms with Crippen molar-refractivity contribution < 1.29 is 0 Å². The Balaban J connectivity index is 1.44. The topological polar surface area (TPSA) is 33.6 Å². The molecule has 0 spiro atoms. The third-order valence-corrected chi connectivity index (χ3v) is 8.81. The van der Waals surface area contributed by atoms with Crippen molar-refractivity contribution in [3.63, 3.8) is 0 Å². The van der Waals surface area contributed by atoms with Gasteiger partial charge in [0.1, 0.15) is 0 Å². The van der Waals surface area contributed by atoms with Gasteiger partial charge >= 0.3 is 0 Å². The van der Waals surface area contributed by atoms with E-state index in [0.29, 0.717) is 0 Å². The van der Waals surface area contributed by atoms with Crippen molar-refractivity contribution in [3.05, 3.63) is 107 Å². The lowest BCUT2D eigenvalue weighted by Gasteiger charge is -2.31. The first-order valence-corrected chi connectivity index (χ1v) is 13.3. The Morgan fingerprint density at radius 3 is 2.30 bits per heavy atom. The molecule has 7 aromatic rings. The Hall–Kier alpha value is -4.37. The van der Waals surface area contributed by atoms with Crippen LogP contribution in [0.1, 0.15) is 27.9 Å². The molecule has 3 heteroatoms. The van der Waals surface area contributed by atoms with Gasteiger partial charge in [-0.2, -0.15) is 0 Å². The number of rotatable bonds is 1. The second-order valence-corrected chi connectivity index (χ2v) is 10.8. The van der Waals surface area contributed by atoms with E-state index in [0.717, 1.165) is 31.4 Å². The van der Waals surface area contributed by atoms with Gasteiger partial charge in [0, 0.05) is 44.6 Å². The normalized spacial score (nSPS) is 14.2. The zero-order valence-corrected chi connectivity index (χ0v) is 20.7. The number of para-hydroxylation sites is 2.